The Labute approximate surface area is 174 Å². The summed E-state index contributed by atoms with van der Waals surface area (Å²) in [6, 6.07) is 6.73. The van der Waals surface area contributed by atoms with Gasteiger partial charge in [-0.3, -0.25) is 0 Å². The van der Waals surface area contributed by atoms with E-state index in [4.69, 9.17) is 0 Å². The molecule has 1 radical (unpaired) electrons. The van der Waals surface area contributed by atoms with Gasteiger partial charge < -0.3 is 5.32 Å². The Balaban J connectivity index is 1.90. The van der Waals surface area contributed by atoms with Crippen LogP contribution < -0.4 is 5.32 Å². The molecule has 1 heterocycles. The Bertz CT molecular complexity index is 684. The molecule has 1 aliphatic rings. The normalized spacial score (nSPS) is 15.6. The Morgan fingerprint density at radius 3 is 2.57 bits per heavy atom. The Kier molecular flexibility index (Phi) is 9.15. The molecule has 151 valence electrons. The fourth-order valence-corrected chi connectivity index (χ4v) is 4.23. The zero-order valence-electron chi connectivity index (χ0n) is 18.4. The lowest BCUT2D eigenvalue weighted by Crippen LogP contribution is -2.40. The van der Waals surface area contributed by atoms with Crippen molar-refractivity contribution < 1.29 is 0 Å². The fraction of sp³-hybridized carbons (Fsp3) is 0.538. The van der Waals surface area contributed by atoms with Crippen molar-refractivity contribution in [3.63, 3.8) is 0 Å². The van der Waals surface area contributed by atoms with Crippen molar-refractivity contribution in [1.29, 1.82) is 0 Å². The molecular weight excluding hydrogens is 337 g/mol. The quantitative estimate of drug-likeness (QED) is 0.311. The minimum absolute atomic E-state index is 0.400. The molecule has 1 atom stereocenters. The second-order valence-corrected chi connectivity index (χ2v) is 8.39. The van der Waals surface area contributed by atoms with E-state index in [1.165, 1.54) is 47.1 Å². The summed E-state index contributed by atoms with van der Waals surface area (Å²) in [4.78, 5) is 0. The van der Waals surface area contributed by atoms with Crippen LogP contribution >= 0.6 is 0 Å². The maximum absolute atomic E-state index is 4.43. The average Bonchev–Trinajstić information content (AvgIpc) is 2.71. The van der Waals surface area contributed by atoms with Crippen LogP contribution in [0, 0.1) is 5.92 Å². The number of nitrogens with one attached hydrogen (secondary N) is 1. The third kappa shape index (κ3) is 6.43. The summed E-state index contributed by atoms with van der Waals surface area (Å²) in [6.45, 7) is 19.6. The van der Waals surface area contributed by atoms with Crippen LogP contribution in [-0.4, -0.2) is 13.2 Å². The Hall–Kier alpha value is -1.70. The summed E-state index contributed by atoms with van der Waals surface area (Å²) < 4.78 is 0. The summed E-state index contributed by atoms with van der Waals surface area (Å²) in [5, 5.41) is 3.55. The van der Waals surface area contributed by atoms with Gasteiger partial charge in [0.1, 0.15) is 7.28 Å². The van der Waals surface area contributed by atoms with Crippen molar-refractivity contribution in [2.75, 3.05) is 0 Å². The first-order chi connectivity index (χ1) is 13.5. The highest BCUT2D eigenvalue weighted by Gasteiger charge is 2.22. The highest BCUT2D eigenvalue weighted by Crippen LogP contribution is 2.30. The molecule has 0 saturated heterocycles. The van der Waals surface area contributed by atoms with Gasteiger partial charge in [-0.25, -0.2) is 0 Å². The predicted molar refractivity (Wildman–Crippen MR) is 127 cm³/mol. The summed E-state index contributed by atoms with van der Waals surface area (Å²) in [7, 11) is 2.40. The molecule has 0 amide bonds. The van der Waals surface area contributed by atoms with Crippen molar-refractivity contribution in [3.05, 3.63) is 65.9 Å². The molecule has 1 aromatic carbocycles. The van der Waals surface area contributed by atoms with E-state index in [9.17, 15) is 0 Å². The summed E-state index contributed by atoms with van der Waals surface area (Å²) in [5.74, 6) is 1.20. The van der Waals surface area contributed by atoms with Gasteiger partial charge in [0.2, 0.25) is 0 Å². The molecule has 0 fully saturated rings. The van der Waals surface area contributed by atoms with Crippen LogP contribution in [0.3, 0.4) is 0 Å². The number of allylic oxidation sites excluding steroid dienone is 3. The molecule has 2 rings (SSSR count). The van der Waals surface area contributed by atoms with Gasteiger partial charge in [0.05, 0.1) is 0 Å². The number of hydrogen-bond acceptors (Lipinski definition) is 1. The first-order valence-corrected chi connectivity index (χ1v) is 11.2. The molecule has 0 aromatic heterocycles. The average molecular weight is 376 g/mol. The summed E-state index contributed by atoms with van der Waals surface area (Å²) in [6.07, 6.45) is 10.1. The van der Waals surface area contributed by atoms with E-state index in [0.29, 0.717) is 5.94 Å². The molecular formula is C26H39BN. The van der Waals surface area contributed by atoms with E-state index in [2.05, 4.69) is 71.3 Å². The van der Waals surface area contributed by atoms with Gasteiger partial charge >= 0.3 is 0 Å². The topological polar surface area (TPSA) is 12.0 Å². The van der Waals surface area contributed by atoms with Gasteiger partial charge in [0, 0.05) is 5.70 Å². The van der Waals surface area contributed by atoms with Gasteiger partial charge in [-0.2, -0.15) is 0 Å². The molecule has 0 spiro atoms. The van der Waals surface area contributed by atoms with E-state index >= 15 is 0 Å². The van der Waals surface area contributed by atoms with Crippen molar-refractivity contribution in [3.8, 4) is 0 Å². The zero-order chi connectivity index (χ0) is 20.5. The van der Waals surface area contributed by atoms with Crippen molar-refractivity contribution >= 4 is 12.9 Å². The predicted octanol–water partition coefficient (Wildman–Crippen LogP) is 6.85. The summed E-state index contributed by atoms with van der Waals surface area (Å²) in [5.41, 5.74) is 8.12. The van der Waals surface area contributed by atoms with Gasteiger partial charge in [-0.15, -0.1) is 0 Å². The third-order valence-electron chi connectivity index (χ3n) is 6.26. The zero-order valence-corrected chi connectivity index (χ0v) is 18.4. The third-order valence-corrected chi connectivity index (χ3v) is 6.26. The molecule has 2 heteroatoms. The smallest absolute Gasteiger partial charge is 0.146 e. The molecule has 0 aliphatic carbocycles. The fourth-order valence-electron chi connectivity index (χ4n) is 4.23. The number of benzene rings is 1. The lowest BCUT2D eigenvalue weighted by atomic mass is 9.57. The molecule has 1 unspecified atom stereocenters. The second kappa shape index (κ2) is 11.3. The van der Waals surface area contributed by atoms with Crippen molar-refractivity contribution in [1.82, 2.24) is 5.32 Å². The highest BCUT2D eigenvalue weighted by molar-refractivity contribution is 6.38. The molecule has 1 N–H and O–H groups in total. The molecule has 1 aromatic rings. The first-order valence-electron chi connectivity index (χ1n) is 11.2. The lowest BCUT2D eigenvalue weighted by Gasteiger charge is -2.28. The van der Waals surface area contributed by atoms with E-state index in [0.717, 1.165) is 50.0 Å². The number of fused-ring (bicyclic) bond motifs is 1. The van der Waals surface area contributed by atoms with Gasteiger partial charge in [0.15, 0.2) is 0 Å². The van der Waals surface area contributed by atoms with Crippen molar-refractivity contribution in [2.24, 2.45) is 5.92 Å². The van der Waals surface area contributed by atoms with Crippen LogP contribution in [0.4, 0.5) is 0 Å². The maximum Gasteiger partial charge on any atom is 0.146 e. The molecule has 1 nitrogen and oxygen atoms in total. The molecule has 1 aliphatic heterocycles. The van der Waals surface area contributed by atoms with E-state index < -0.39 is 0 Å². The second-order valence-electron chi connectivity index (χ2n) is 8.39. The Morgan fingerprint density at radius 1 is 1.14 bits per heavy atom. The number of rotatable bonds is 12. The first kappa shape index (κ1) is 22.6. The van der Waals surface area contributed by atoms with Gasteiger partial charge in [0.25, 0.3) is 0 Å². The van der Waals surface area contributed by atoms with Gasteiger partial charge in [-0.1, -0.05) is 83.4 Å². The van der Waals surface area contributed by atoms with Gasteiger partial charge in [-0.05, 0) is 72.6 Å². The summed E-state index contributed by atoms with van der Waals surface area (Å²) >= 11 is 0. The van der Waals surface area contributed by atoms with Crippen LogP contribution in [0.15, 0.2) is 49.2 Å². The van der Waals surface area contributed by atoms with Crippen LogP contribution in [0.2, 0.25) is 0 Å². The van der Waals surface area contributed by atoms with E-state index in [-0.39, 0.29) is 0 Å². The Morgan fingerprint density at radius 2 is 1.89 bits per heavy atom. The minimum Gasteiger partial charge on any atom is -0.394 e. The van der Waals surface area contributed by atoms with E-state index in [1.54, 1.807) is 0 Å². The van der Waals surface area contributed by atoms with Crippen LogP contribution in [0.5, 0.6) is 0 Å². The minimum atomic E-state index is 0.400. The van der Waals surface area contributed by atoms with Crippen LogP contribution in [-0.2, 0) is 12.7 Å². The number of hydrogen-bond donors (Lipinski definition) is 1. The SMILES string of the molecule is C=C(CCCC(=C)c1cccc2c1C[B]C(NC(=C)CC)C2)CC(CC)CC. The molecule has 0 bridgehead atoms. The van der Waals surface area contributed by atoms with Crippen molar-refractivity contribution in [2.45, 2.75) is 84.4 Å². The molecule has 28 heavy (non-hydrogen) atoms. The monoisotopic (exact) mass is 376 g/mol. The molecule has 0 saturated carbocycles. The maximum atomic E-state index is 4.43. The lowest BCUT2D eigenvalue weighted by molar-refractivity contribution is 0.481. The highest BCUT2D eigenvalue weighted by atomic mass is 14.9. The van der Waals surface area contributed by atoms with E-state index in [1.807, 2.05) is 0 Å². The van der Waals surface area contributed by atoms with Crippen LogP contribution in [0.1, 0.15) is 82.4 Å². The van der Waals surface area contributed by atoms with Crippen LogP contribution in [0.25, 0.3) is 5.57 Å². The standard InChI is InChI=1S/C26H39BN/c1-7-21(6)28-26-17-23-14-11-15-24(25(23)18-27-26)20(5)13-10-12-19(4)16-22(8-2)9-3/h11,14-15,22,26,28H,4-10,12-13,16-18H2,1-3H3. The largest absolute Gasteiger partial charge is 0.394 e.